The smallest absolute Gasteiger partial charge is 0.242 e. The summed E-state index contributed by atoms with van der Waals surface area (Å²) in [5.74, 6) is 0.783. The average molecular weight is 245 g/mol. The largest absolute Gasteiger partial charge is 0.310 e. The number of rotatable bonds is 2. The topological polar surface area (TPSA) is 59.0 Å². The van der Waals surface area contributed by atoms with Crippen molar-refractivity contribution in [1.29, 1.82) is 0 Å². The minimum Gasteiger partial charge on any atom is -0.310 e. The molecule has 16 heavy (non-hydrogen) atoms. The quantitative estimate of drug-likeness (QED) is 0.814. The lowest BCUT2D eigenvalue weighted by Crippen LogP contribution is -2.43. The Morgan fingerprint density at radius 2 is 2.44 bits per heavy atom. The van der Waals surface area contributed by atoms with E-state index in [1.807, 2.05) is 7.05 Å². The van der Waals surface area contributed by atoms with Gasteiger partial charge in [-0.05, 0) is 19.4 Å². The van der Waals surface area contributed by atoms with Crippen LogP contribution in [0.3, 0.4) is 0 Å². The van der Waals surface area contributed by atoms with Crippen LogP contribution < -0.4 is 10.6 Å². The fourth-order valence-electron chi connectivity index (χ4n) is 1.79. The van der Waals surface area contributed by atoms with Crippen molar-refractivity contribution in [3.63, 3.8) is 0 Å². The van der Waals surface area contributed by atoms with Gasteiger partial charge in [0.1, 0.15) is 5.82 Å². The van der Waals surface area contributed by atoms with Gasteiger partial charge in [-0.3, -0.25) is 9.48 Å². The molecule has 0 unspecified atom stereocenters. The Bertz CT molecular complexity index is 346. The van der Waals surface area contributed by atoms with Crippen molar-refractivity contribution in [2.24, 2.45) is 7.05 Å². The normalized spacial score (nSPS) is 19.9. The molecular weight excluding hydrogens is 228 g/mol. The monoisotopic (exact) mass is 244 g/mol. The van der Waals surface area contributed by atoms with Crippen molar-refractivity contribution in [1.82, 2.24) is 15.1 Å². The molecule has 2 heterocycles. The van der Waals surface area contributed by atoms with E-state index in [-0.39, 0.29) is 24.4 Å². The fourth-order valence-corrected chi connectivity index (χ4v) is 1.79. The Labute approximate surface area is 101 Å². The number of hydrogen-bond donors (Lipinski definition) is 2. The first kappa shape index (κ1) is 13.0. The third-order valence-corrected chi connectivity index (χ3v) is 2.70. The molecule has 1 saturated heterocycles. The maximum absolute atomic E-state index is 11.8. The molecule has 2 N–H and O–H groups in total. The SMILES string of the molecule is Cl.Cn1nccc1NC(=O)[C@@H]1CCCCN1. The first-order chi connectivity index (χ1) is 7.27. The van der Waals surface area contributed by atoms with Crippen molar-refractivity contribution in [2.45, 2.75) is 25.3 Å². The molecule has 0 bridgehead atoms. The van der Waals surface area contributed by atoms with Crippen LogP contribution in [0.1, 0.15) is 19.3 Å². The van der Waals surface area contributed by atoms with Gasteiger partial charge in [-0.1, -0.05) is 6.42 Å². The van der Waals surface area contributed by atoms with Crippen LogP contribution >= 0.6 is 12.4 Å². The highest BCUT2D eigenvalue weighted by atomic mass is 35.5. The van der Waals surface area contributed by atoms with Gasteiger partial charge in [0.05, 0.1) is 12.2 Å². The fraction of sp³-hybridized carbons (Fsp3) is 0.600. The molecule has 0 aliphatic carbocycles. The summed E-state index contributed by atoms with van der Waals surface area (Å²) in [6.07, 6.45) is 4.87. The molecule has 1 amide bonds. The molecule has 5 nitrogen and oxygen atoms in total. The van der Waals surface area contributed by atoms with E-state index in [9.17, 15) is 4.79 Å². The average Bonchev–Trinajstić information content (AvgIpc) is 2.66. The molecule has 1 aromatic heterocycles. The predicted molar refractivity (Wildman–Crippen MR) is 64.7 cm³/mol. The number of halogens is 1. The number of hydrogen-bond acceptors (Lipinski definition) is 3. The Kier molecular flexibility index (Phi) is 4.76. The third kappa shape index (κ3) is 2.96. The zero-order valence-electron chi connectivity index (χ0n) is 9.27. The van der Waals surface area contributed by atoms with Crippen molar-refractivity contribution in [3.05, 3.63) is 12.3 Å². The van der Waals surface area contributed by atoms with Gasteiger partial charge in [0, 0.05) is 13.1 Å². The summed E-state index contributed by atoms with van der Waals surface area (Å²) in [5, 5.41) is 10.1. The molecule has 90 valence electrons. The van der Waals surface area contributed by atoms with Crippen LogP contribution in [-0.2, 0) is 11.8 Å². The van der Waals surface area contributed by atoms with Crippen molar-refractivity contribution < 1.29 is 4.79 Å². The van der Waals surface area contributed by atoms with Gasteiger partial charge in [0.15, 0.2) is 0 Å². The van der Waals surface area contributed by atoms with Crippen LogP contribution in [0, 0.1) is 0 Å². The van der Waals surface area contributed by atoms with Crippen LogP contribution in [0.15, 0.2) is 12.3 Å². The van der Waals surface area contributed by atoms with Gasteiger partial charge in [-0.2, -0.15) is 5.10 Å². The van der Waals surface area contributed by atoms with E-state index in [0.29, 0.717) is 0 Å². The molecule has 0 aromatic carbocycles. The van der Waals surface area contributed by atoms with E-state index < -0.39 is 0 Å². The molecule has 6 heteroatoms. The summed E-state index contributed by atoms with van der Waals surface area (Å²) in [5.41, 5.74) is 0. The predicted octanol–water partition coefficient (Wildman–Crippen LogP) is 0.922. The zero-order valence-corrected chi connectivity index (χ0v) is 10.1. The van der Waals surface area contributed by atoms with E-state index in [0.717, 1.165) is 31.6 Å². The van der Waals surface area contributed by atoms with Crippen LogP contribution in [0.25, 0.3) is 0 Å². The molecule has 1 atom stereocenters. The first-order valence-corrected chi connectivity index (χ1v) is 5.29. The second-order valence-electron chi connectivity index (χ2n) is 3.83. The van der Waals surface area contributed by atoms with Gasteiger partial charge in [0.2, 0.25) is 5.91 Å². The Balaban J connectivity index is 0.00000128. The van der Waals surface area contributed by atoms with Crippen molar-refractivity contribution in [2.75, 3.05) is 11.9 Å². The van der Waals surface area contributed by atoms with Crippen LogP contribution in [0.2, 0.25) is 0 Å². The van der Waals surface area contributed by atoms with Gasteiger partial charge in [0.25, 0.3) is 0 Å². The van der Waals surface area contributed by atoms with E-state index in [1.165, 1.54) is 0 Å². The number of nitrogens with one attached hydrogen (secondary N) is 2. The summed E-state index contributed by atoms with van der Waals surface area (Å²) in [7, 11) is 1.81. The minimum atomic E-state index is -0.0475. The highest BCUT2D eigenvalue weighted by Crippen LogP contribution is 2.10. The third-order valence-electron chi connectivity index (χ3n) is 2.70. The summed E-state index contributed by atoms with van der Waals surface area (Å²) >= 11 is 0. The van der Waals surface area contributed by atoms with E-state index >= 15 is 0 Å². The number of amides is 1. The van der Waals surface area contributed by atoms with Crippen molar-refractivity contribution >= 4 is 24.1 Å². The summed E-state index contributed by atoms with van der Waals surface area (Å²) in [4.78, 5) is 11.8. The maximum Gasteiger partial charge on any atom is 0.242 e. The number of carbonyl (C=O) groups is 1. The second kappa shape index (κ2) is 5.86. The lowest BCUT2D eigenvalue weighted by molar-refractivity contribution is -0.118. The number of piperidine rings is 1. The summed E-state index contributed by atoms with van der Waals surface area (Å²) in [6.45, 7) is 0.934. The van der Waals surface area contributed by atoms with Crippen LogP contribution in [-0.4, -0.2) is 28.3 Å². The molecule has 1 aliphatic heterocycles. The van der Waals surface area contributed by atoms with E-state index in [4.69, 9.17) is 0 Å². The Hall–Kier alpha value is -1.07. The Morgan fingerprint density at radius 3 is 3.00 bits per heavy atom. The first-order valence-electron chi connectivity index (χ1n) is 5.29. The van der Waals surface area contributed by atoms with Gasteiger partial charge < -0.3 is 10.6 Å². The molecule has 1 fully saturated rings. The summed E-state index contributed by atoms with van der Waals surface area (Å²) in [6, 6.07) is 1.74. The standard InChI is InChI=1S/C10H16N4O.ClH/c1-14-9(5-7-12-14)13-10(15)8-4-2-3-6-11-8;/h5,7-8,11H,2-4,6H2,1H3,(H,13,15);1H/t8-;/m0./s1. The number of anilines is 1. The summed E-state index contributed by atoms with van der Waals surface area (Å²) < 4.78 is 1.65. The molecule has 1 aliphatic rings. The second-order valence-corrected chi connectivity index (χ2v) is 3.83. The number of carbonyl (C=O) groups excluding carboxylic acids is 1. The lowest BCUT2D eigenvalue weighted by Gasteiger charge is -2.22. The van der Waals surface area contributed by atoms with Crippen LogP contribution in [0.4, 0.5) is 5.82 Å². The van der Waals surface area contributed by atoms with E-state index in [2.05, 4.69) is 15.7 Å². The number of aromatic nitrogens is 2. The van der Waals surface area contributed by atoms with Crippen molar-refractivity contribution in [3.8, 4) is 0 Å². The minimum absolute atomic E-state index is 0. The zero-order chi connectivity index (χ0) is 10.7. The van der Waals surface area contributed by atoms with Gasteiger partial charge in [-0.15, -0.1) is 12.4 Å². The van der Waals surface area contributed by atoms with Crippen LogP contribution in [0.5, 0.6) is 0 Å². The van der Waals surface area contributed by atoms with Gasteiger partial charge >= 0.3 is 0 Å². The lowest BCUT2D eigenvalue weighted by atomic mass is 10.0. The highest BCUT2D eigenvalue weighted by molar-refractivity contribution is 5.94. The molecule has 1 aromatic rings. The number of nitrogens with zero attached hydrogens (tertiary/aromatic N) is 2. The van der Waals surface area contributed by atoms with Gasteiger partial charge in [-0.25, -0.2) is 0 Å². The highest BCUT2D eigenvalue weighted by Gasteiger charge is 2.20. The molecule has 0 saturated carbocycles. The molecule has 0 radical (unpaired) electrons. The Morgan fingerprint density at radius 1 is 1.62 bits per heavy atom. The van der Waals surface area contributed by atoms with E-state index in [1.54, 1.807) is 16.9 Å². The maximum atomic E-state index is 11.8. The molecule has 0 spiro atoms. The number of aryl methyl sites for hydroxylation is 1. The molecule has 2 rings (SSSR count). The molecular formula is C10H17ClN4O.